The standard InChI is InChI=1S/C9H15IN2O/c1-4-6(2)8(13)7-5-11-12(3)9(7)10/h5-6,8,13H,4H2,1-3H3. The van der Waals surface area contributed by atoms with Crippen LogP contribution in [-0.4, -0.2) is 14.9 Å². The lowest BCUT2D eigenvalue weighted by Gasteiger charge is -2.15. The molecule has 2 unspecified atom stereocenters. The maximum absolute atomic E-state index is 9.93. The fraction of sp³-hybridized carbons (Fsp3) is 0.667. The van der Waals surface area contributed by atoms with Gasteiger partial charge in [-0.3, -0.25) is 4.68 Å². The Bertz CT molecular complexity index is 285. The second-order valence-electron chi connectivity index (χ2n) is 3.34. The summed E-state index contributed by atoms with van der Waals surface area (Å²) in [6.07, 6.45) is 2.34. The van der Waals surface area contributed by atoms with Crippen LogP contribution in [0.2, 0.25) is 0 Å². The Morgan fingerprint density at radius 2 is 2.31 bits per heavy atom. The molecule has 1 aromatic heterocycles. The lowest BCUT2D eigenvalue weighted by Crippen LogP contribution is -2.09. The molecule has 0 bridgehead atoms. The third-order valence-electron chi connectivity index (χ3n) is 2.39. The summed E-state index contributed by atoms with van der Waals surface area (Å²) in [5, 5.41) is 14.0. The molecule has 2 atom stereocenters. The first kappa shape index (κ1) is 11.0. The Morgan fingerprint density at radius 1 is 1.69 bits per heavy atom. The summed E-state index contributed by atoms with van der Waals surface area (Å²) < 4.78 is 2.80. The van der Waals surface area contributed by atoms with Gasteiger partial charge in [-0.15, -0.1) is 0 Å². The van der Waals surface area contributed by atoms with Crippen molar-refractivity contribution in [2.24, 2.45) is 13.0 Å². The molecule has 3 nitrogen and oxygen atoms in total. The number of halogens is 1. The average molecular weight is 294 g/mol. The fourth-order valence-electron chi connectivity index (χ4n) is 1.17. The third-order valence-corrected chi connectivity index (χ3v) is 3.71. The van der Waals surface area contributed by atoms with Crippen molar-refractivity contribution in [2.45, 2.75) is 26.4 Å². The maximum Gasteiger partial charge on any atom is 0.104 e. The van der Waals surface area contributed by atoms with Crippen LogP contribution in [-0.2, 0) is 7.05 Å². The molecular formula is C9H15IN2O. The Balaban J connectivity index is 2.88. The van der Waals surface area contributed by atoms with Gasteiger partial charge in [0.2, 0.25) is 0 Å². The van der Waals surface area contributed by atoms with Crippen LogP contribution in [0.4, 0.5) is 0 Å². The van der Waals surface area contributed by atoms with E-state index in [4.69, 9.17) is 0 Å². The molecule has 74 valence electrons. The topological polar surface area (TPSA) is 38.1 Å². The summed E-state index contributed by atoms with van der Waals surface area (Å²) in [5.41, 5.74) is 0.942. The quantitative estimate of drug-likeness (QED) is 0.867. The van der Waals surface area contributed by atoms with Gasteiger partial charge in [-0.25, -0.2) is 0 Å². The van der Waals surface area contributed by atoms with Crippen LogP contribution in [0.25, 0.3) is 0 Å². The number of nitrogens with zero attached hydrogens (tertiary/aromatic N) is 2. The van der Waals surface area contributed by atoms with Gasteiger partial charge in [0.25, 0.3) is 0 Å². The first-order valence-electron chi connectivity index (χ1n) is 4.43. The highest BCUT2D eigenvalue weighted by Crippen LogP contribution is 2.27. The van der Waals surface area contributed by atoms with Gasteiger partial charge in [-0.2, -0.15) is 5.10 Å². The van der Waals surface area contributed by atoms with Gasteiger partial charge in [-0.1, -0.05) is 20.3 Å². The van der Waals surface area contributed by atoms with E-state index in [1.807, 2.05) is 14.0 Å². The zero-order valence-corrected chi connectivity index (χ0v) is 10.3. The van der Waals surface area contributed by atoms with Crippen molar-refractivity contribution in [2.75, 3.05) is 0 Å². The van der Waals surface area contributed by atoms with Gasteiger partial charge in [0.1, 0.15) is 3.70 Å². The molecule has 1 N–H and O–H groups in total. The van der Waals surface area contributed by atoms with Crippen LogP contribution in [0.15, 0.2) is 6.20 Å². The molecule has 0 spiro atoms. The maximum atomic E-state index is 9.93. The Morgan fingerprint density at radius 3 is 2.69 bits per heavy atom. The minimum Gasteiger partial charge on any atom is -0.388 e. The highest BCUT2D eigenvalue weighted by molar-refractivity contribution is 14.1. The molecule has 0 saturated heterocycles. The molecule has 1 rings (SSSR count). The van der Waals surface area contributed by atoms with Crippen LogP contribution in [0.5, 0.6) is 0 Å². The van der Waals surface area contributed by atoms with E-state index in [0.717, 1.165) is 15.7 Å². The molecule has 0 fully saturated rings. The second kappa shape index (κ2) is 4.41. The minimum atomic E-state index is -0.384. The first-order chi connectivity index (χ1) is 6.07. The highest BCUT2D eigenvalue weighted by atomic mass is 127. The van der Waals surface area contributed by atoms with Crippen LogP contribution in [0.1, 0.15) is 31.9 Å². The normalized spacial score (nSPS) is 15.8. The zero-order valence-electron chi connectivity index (χ0n) is 8.16. The molecule has 0 amide bonds. The van der Waals surface area contributed by atoms with Gasteiger partial charge in [-0.05, 0) is 28.5 Å². The van der Waals surface area contributed by atoms with E-state index >= 15 is 0 Å². The highest BCUT2D eigenvalue weighted by Gasteiger charge is 2.19. The van der Waals surface area contributed by atoms with Crippen molar-refractivity contribution in [3.63, 3.8) is 0 Å². The van der Waals surface area contributed by atoms with E-state index < -0.39 is 0 Å². The molecule has 1 aromatic rings. The molecule has 0 aromatic carbocycles. The molecule has 0 aliphatic heterocycles. The van der Waals surface area contributed by atoms with E-state index in [2.05, 4.69) is 34.6 Å². The van der Waals surface area contributed by atoms with Gasteiger partial charge >= 0.3 is 0 Å². The Labute approximate surface area is 92.3 Å². The molecule has 0 radical (unpaired) electrons. The van der Waals surface area contributed by atoms with E-state index in [-0.39, 0.29) is 12.0 Å². The van der Waals surface area contributed by atoms with Gasteiger partial charge in [0, 0.05) is 12.6 Å². The van der Waals surface area contributed by atoms with E-state index in [0.29, 0.717) is 0 Å². The van der Waals surface area contributed by atoms with Gasteiger partial charge in [0.05, 0.1) is 12.3 Å². The number of hydrogen-bond acceptors (Lipinski definition) is 2. The van der Waals surface area contributed by atoms with Crippen molar-refractivity contribution >= 4 is 22.6 Å². The SMILES string of the molecule is CCC(C)C(O)c1cnn(C)c1I. The van der Waals surface area contributed by atoms with Crippen LogP contribution in [0, 0.1) is 9.62 Å². The summed E-state index contributed by atoms with van der Waals surface area (Å²) in [6, 6.07) is 0. The number of rotatable bonds is 3. The molecule has 0 aliphatic carbocycles. The lowest BCUT2D eigenvalue weighted by atomic mass is 9.98. The van der Waals surface area contributed by atoms with Crippen LogP contribution in [0.3, 0.4) is 0 Å². The first-order valence-corrected chi connectivity index (χ1v) is 5.51. The fourth-order valence-corrected chi connectivity index (χ4v) is 1.75. The molecule has 0 saturated carbocycles. The van der Waals surface area contributed by atoms with Gasteiger partial charge < -0.3 is 5.11 Å². The molecule has 4 heteroatoms. The third kappa shape index (κ3) is 2.22. The minimum absolute atomic E-state index is 0.290. The molecular weight excluding hydrogens is 279 g/mol. The number of aliphatic hydroxyl groups excluding tert-OH is 1. The summed E-state index contributed by atoms with van der Waals surface area (Å²) in [4.78, 5) is 0. The van der Waals surface area contributed by atoms with Crippen LogP contribution < -0.4 is 0 Å². The molecule has 0 aliphatic rings. The van der Waals surface area contributed by atoms with Crippen LogP contribution >= 0.6 is 22.6 Å². The van der Waals surface area contributed by atoms with Crippen molar-refractivity contribution in [3.8, 4) is 0 Å². The summed E-state index contributed by atoms with van der Waals surface area (Å²) >= 11 is 2.21. The smallest absolute Gasteiger partial charge is 0.104 e. The van der Waals surface area contributed by atoms with Gasteiger partial charge in [0.15, 0.2) is 0 Å². The van der Waals surface area contributed by atoms with Crippen molar-refractivity contribution in [3.05, 3.63) is 15.5 Å². The predicted octanol–water partition coefficient (Wildman–Crippen LogP) is 2.10. The Hall–Kier alpha value is -0.100. The van der Waals surface area contributed by atoms with Crippen molar-refractivity contribution in [1.82, 2.24) is 9.78 Å². The number of hydrogen-bond donors (Lipinski definition) is 1. The number of aryl methyl sites for hydroxylation is 1. The predicted molar refractivity (Wildman–Crippen MR) is 60.3 cm³/mol. The lowest BCUT2D eigenvalue weighted by molar-refractivity contribution is 0.114. The molecule has 1 heterocycles. The van der Waals surface area contributed by atoms with Crippen molar-refractivity contribution in [1.29, 1.82) is 0 Å². The zero-order chi connectivity index (χ0) is 10.0. The average Bonchev–Trinajstić information content (AvgIpc) is 2.45. The number of aromatic nitrogens is 2. The Kier molecular flexibility index (Phi) is 3.73. The summed E-state index contributed by atoms with van der Waals surface area (Å²) in [5.74, 6) is 0.290. The summed E-state index contributed by atoms with van der Waals surface area (Å²) in [7, 11) is 1.88. The number of aliphatic hydroxyl groups is 1. The van der Waals surface area contributed by atoms with E-state index in [9.17, 15) is 5.11 Å². The summed E-state index contributed by atoms with van der Waals surface area (Å²) in [6.45, 7) is 4.13. The monoisotopic (exact) mass is 294 g/mol. The molecule has 13 heavy (non-hydrogen) atoms. The largest absolute Gasteiger partial charge is 0.388 e. The second-order valence-corrected chi connectivity index (χ2v) is 4.37. The van der Waals surface area contributed by atoms with E-state index in [1.54, 1.807) is 10.9 Å². The van der Waals surface area contributed by atoms with Crippen molar-refractivity contribution < 1.29 is 5.11 Å². The van der Waals surface area contributed by atoms with E-state index in [1.165, 1.54) is 0 Å².